The van der Waals surface area contributed by atoms with Gasteiger partial charge in [-0.3, -0.25) is 18.6 Å². The van der Waals surface area contributed by atoms with Gasteiger partial charge in [-0.15, -0.1) is 0 Å². The van der Waals surface area contributed by atoms with Crippen LogP contribution in [0.5, 0.6) is 5.75 Å². The Morgan fingerprint density at radius 2 is 1.24 bits per heavy atom. The minimum absolute atomic E-state index is 0.0114. The molecule has 1 heterocycles. The summed E-state index contributed by atoms with van der Waals surface area (Å²) < 4.78 is 40.2. The third-order valence-electron chi connectivity index (χ3n) is 9.58. The lowest BCUT2D eigenvalue weighted by atomic mass is 10.0. The highest BCUT2D eigenvalue weighted by Gasteiger charge is 2.27. The lowest BCUT2D eigenvalue weighted by molar-refractivity contribution is -0.870. The summed E-state index contributed by atoms with van der Waals surface area (Å²) in [6, 6.07) is 7.95. The van der Waals surface area contributed by atoms with E-state index >= 15 is 0 Å². The van der Waals surface area contributed by atoms with E-state index in [4.69, 9.17) is 23.3 Å². The van der Waals surface area contributed by atoms with Gasteiger partial charge in [0.15, 0.2) is 6.10 Å². The molecule has 1 aromatic carbocycles. The van der Waals surface area contributed by atoms with Crippen molar-refractivity contribution in [2.45, 2.75) is 167 Å². The number of likely N-dealkylation sites (N-methyl/N-ethyl adjacent to an activating group) is 1. The predicted octanol–water partition coefficient (Wildman–Crippen LogP) is 10.8. The molecule has 0 aromatic heterocycles. The number of quaternary nitrogens is 1. The fourth-order valence-electron chi connectivity index (χ4n) is 6.10. The molecule has 1 unspecified atom stereocenters. The Hall–Kier alpha value is -2.37. The van der Waals surface area contributed by atoms with Crippen LogP contribution in [0.15, 0.2) is 34.5 Å². The van der Waals surface area contributed by atoms with Crippen molar-refractivity contribution < 1.29 is 46.8 Å². The standard InChI is InChI=1S/C42H74N3O9P/c1-5-6-7-8-9-10-11-12-13-14-17-20-23-29-40(46)51-35-39(36-53-55(48,49)52-33-31-45(2,3)4)54-41(47)30-24-21-18-15-16-19-22-25-32-50-38-28-26-27-37(34-38)42-43-44-42/h26-28,34,39,42H,5-25,29-33,35-36H2,1-4H3/p+1/t39-/m1/s1. The first-order chi connectivity index (χ1) is 26.5. The van der Waals surface area contributed by atoms with Crippen LogP contribution < -0.4 is 4.74 Å². The third kappa shape index (κ3) is 28.6. The van der Waals surface area contributed by atoms with Crippen molar-refractivity contribution in [3.63, 3.8) is 0 Å². The molecule has 2 rings (SSSR count). The molecule has 55 heavy (non-hydrogen) atoms. The normalized spacial score (nSPS) is 14.4. The van der Waals surface area contributed by atoms with Gasteiger partial charge in [0.1, 0.15) is 25.5 Å². The van der Waals surface area contributed by atoms with E-state index < -0.39 is 26.5 Å². The van der Waals surface area contributed by atoms with Crippen LogP contribution >= 0.6 is 7.82 Å². The highest BCUT2D eigenvalue weighted by atomic mass is 31.2. The van der Waals surface area contributed by atoms with E-state index in [9.17, 15) is 19.0 Å². The van der Waals surface area contributed by atoms with Gasteiger partial charge in [-0.1, -0.05) is 135 Å². The van der Waals surface area contributed by atoms with Crippen molar-refractivity contribution in [1.82, 2.24) is 0 Å². The quantitative estimate of drug-likeness (QED) is 0.0301. The molecule has 0 amide bonds. The van der Waals surface area contributed by atoms with E-state index in [1.807, 2.05) is 45.4 Å². The van der Waals surface area contributed by atoms with E-state index in [1.54, 1.807) is 0 Å². The van der Waals surface area contributed by atoms with Crippen molar-refractivity contribution >= 4 is 19.8 Å². The fraction of sp³-hybridized carbons (Fsp3) is 0.810. The zero-order valence-corrected chi connectivity index (χ0v) is 35.7. The molecule has 2 atom stereocenters. The van der Waals surface area contributed by atoms with Gasteiger partial charge in [-0.2, -0.15) is 10.2 Å². The van der Waals surface area contributed by atoms with Crippen molar-refractivity contribution in [2.75, 3.05) is 54.1 Å². The highest BCUT2D eigenvalue weighted by molar-refractivity contribution is 7.47. The van der Waals surface area contributed by atoms with Crippen molar-refractivity contribution in [2.24, 2.45) is 10.2 Å². The number of esters is 2. The molecule has 0 bridgehead atoms. The Morgan fingerprint density at radius 1 is 0.709 bits per heavy atom. The molecule has 0 spiro atoms. The Morgan fingerprint density at radius 3 is 1.78 bits per heavy atom. The second-order valence-corrected chi connectivity index (χ2v) is 17.5. The Kier molecular flexibility index (Phi) is 26.4. The number of carbonyl (C=O) groups excluding carboxylic acids is 2. The molecular formula is C42H75N3O9P+. The molecule has 0 radical (unpaired) electrons. The van der Waals surface area contributed by atoms with Crippen LogP contribution in [0.4, 0.5) is 0 Å². The summed E-state index contributed by atoms with van der Waals surface area (Å²) in [4.78, 5) is 35.4. The average molecular weight is 797 g/mol. The van der Waals surface area contributed by atoms with Gasteiger partial charge in [0.25, 0.3) is 0 Å². The van der Waals surface area contributed by atoms with Crippen LogP contribution in [0.3, 0.4) is 0 Å². The summed E-state index contributed by atoms with van der Waals surface area (Å²) in [6.07, 6.45) is 23.4. The maximum Gasteiger partial charge on any atom is 0.472 e. The first-order valence-electron chi connectivity index (χ1n) is 21.4. The maximum atomic E-state index is 12.7. The molecule has 0 fully saturated rings. The summed E-state index contributed by atoms with van der Waals surface area (Å²) in [6.45, 7) is 2.80. The largest absolute Gasteiger partial charge is 0.494 e. The average Bonchev–Trinajstić information content (AvgIpc) is 3.99. The topological polar surface area (TPSA) is 142 Å². The number of rotatable bonds is 37. The smallest absolute Gasteiger partial charge is 0.472 e. The SMILES string of the molecule is CCCCCCCCCCCCCCCC(=O)OC[C@H](COP(=O)(O)OCC[N+](C)(C)C)OC(=O)CCCCCCCCCCOc1cccc(C2N=N2)c1. The van der Waals surface area contributed by atoms with Crippen molar-refractivity contribution in [3.8, 4) is 5.75 Å². The Bertz CT molecular complexity index is 1240. The number of nitrogens with zero attached hydrogens (tertiary/aromatic N) is 3. The molecule has 1 aliphatic heterocycles. The molecular weight excluding hydrogens is 721 g/mol. The molecule has 12 nitrogen and oxygen atoms in total. The summed E-state index contributed by atoms with van der Waals surface area (Å²) in [5, 5.41) is 7.92. The Labute approximate surface area is 332 Å². The maximum absolute atomic E-state index is 12.7. The number of unbranched alkanes of at least 4 members (excludes halogenated alkanes) is 19. The van der Waals surface area contributed by atoms with E-state index in [0.717, 1.165) is 75.5 Å². The molecule has 1 aromatic rings. The van der Waals surface area contributed by atoms with Crippen LogP contribution in [-0.2, 0) is 32.7 Å². The fourth-order valence-corrected chi connectivity index (χ4v) is 6.85. The molecule has 1 N–H and O–H groups in total. The number of benzene rings is 1. The van der Waals surface area contributed by atoms with Gasteiger partial charge < -0.3 is 23.6 Å². The predicted molar refractivity (Wildman–Crippen MR) is 217 cm³/mol. The summed E-state index contributed by atoms with van der Waals surface area (Å²) >= 11 is 0. The molecule has 13 heteroatoms. The molecule has 0 aliphatic carbocycles. The van der Waals surface area contributed by atoms with Gasteiger partial charge in [0, 0.05) is 18.4 Å². The van der Waals surface area contributed by atoms with Crippen LogP contribution in [0.25, 0.3) is 0 Å². The van der Waals surface area contributed by atoms with E-state index in [-0.39, 0.29) is 38.2 Å². The van der Waals surface area contributed by atoms with E-state index in [2.05, 4.69) is 17.2 Å². The number of phosphoric acid groups is 1. The van der Waals surface area contributed by atoms with Crippen molar-refractivity contribution in [3.05, 3.63) is 29.8 Å². The second-order valence-electron chi connectivity index (χ2n) is 16.0. The molecule has 1 aliphatic rings. The van der Waals surface area contributed by atoms with Crippen LogP contribution in [0, 0.1) is 0 Å². The van der Waals surface area contributed by atoms with E-state index in [1.165, 1.54) is 64.2 Å². The number of hydrogen-bond acceptors (Lipinski definition) is 10. The number of ether oxygens (including phenoxy) is 3. The monoisotopic (exact) mass is 797 g/mol. The zero-order valence-electron chi connectivity index (χ0n) is 34.8. The van der Waals surface area contributed by atoms with Crippen molar-refractivity contribution in [1.29, 1.82) is 0 Å². The van der Waals surface area contributed by atoms with Crippen LogP contribution in [-0.4, -0.2) is 81.5 Å². The summed E-state index contributed by atoms with van der Waals surface area (Å²) in [7, 11) is 1.44. The van der Waals surface area contributed by atoms with Gasteiger partial charge in [0.05, 0.1) is 34.4 Å². The summed E-state index contributed by atoms with van der Waals surface area (Å²) in [5.74, 6) is 0.0307. The summed E-state index contributed by atoms with van der Waals surface area (Å²) in [5.41, 5.74) is 1.07. The minimum atomic E-state index is -4.39. The minimum Gasteiger partial charge on any atom is -0.494 e. The van der Waals surface area contributed by atoms with Gasteiger partial charge in [0.2, 0.25) is 6.17 Å². The second kappa shape index (κ2) is 29.8. The third-order valence-corrected chi connectivity index (χ3v) is 10.6. The highest BCUT2D eigenvalue weighted by Crippen LogP contribution is 2.43. The number of carbonyl (C=O) groups is 2. The number of hydrogen-bond donors (Lipinski definition) is 1. The number of phosphoric ester groups is 1. The molecule has 0 saturated carbocycles. The molecule has 0 saturated heterocycles. The molecule has 316 valence electrons. The first-order valence-corrected chi connectivity index (χ1v) is 22.9. The van der Waals surface area contributed by atoms with Crippen LogP contribution in [0.1, 0.15) is 166 Å². The van der Waals surface area contributed by atoms with Gasteiger partial charge in [-0.25, -0.2) is 4.57 Å². The Balaban J connectivity index is 1.58. The van der Waals surface area contributed by atoms with Gasteiger partial charge in [-0.05, 0) is 31.4 Å². The zero-order chi connectivity index (χ0) is 40.0. The van der Waals surface area contributed by atoms with Gasteiger partial charge >= 0.3 is 19.8 Å². The van der Waals surface area contributed by atoms with Crippen LogP contribution in [0.2, 0.25) is 0 Å². The first kappa shape index (κ1) is 48.8. The lowest BCUT2D eigenvalue weighted by Crippen LogP contribution is -2.37. The van der Waals surface area contributed by atoms with E-state index in [0.29, 0.717) is 24.1 Å². The lowest BCUT2D eigenvalue weighted by Gasteiger charge is -2.24.